The Morgan fingerprint density at radius 3 is 2.48 bits per heavy atom. The lowest BCUT2D eigenvalue weighted by Gasteiger charge is -2.26. The van der Waals surface area contributed by atoms with Gasteiger partial charge in [-0.25, -0.2) is 4.79 Å². The smallest absolute Gasteiger partial charge is 0.407 e. The van der Waals surface area contributed by atoms with Crippen LogP contribution in [-0.4, -0.2) is 121 Å². The Morgan fingerprint density at radius 1 is 1.02 bits per heavy atom. The predicted molar refractivity (Wildman–Crippen MR) is 156 cm³/mol. The molecule has 0 unspecified atom stereocenters. The molecular weight excluding hydrogens is 544 g/mol. The molecular formula is C28H46N8O6. The van der Waals surface area contributed by atoms with Crippen molar-refractivity contribution in [3.63, 3.8) is 0 Å². The van der Waals surface area contributed by atoms with E-state index in [1.54, 1.807) is 16.9 Å². The molecule has 4 N–H and O–H groups in total. The van der Waals surface area contributed by atoms with Gasteiger partial charge in [0.15, 0.2) is 5.82 Å². The second-order valence-electron chi connectivity index (χ2n) is 10.9. The zero-order valence-electron chi connectivity index (χ0n) is 24.8. The number of carbonyl (C=O) groups is 2. The minimum Gasteiger partial charge on any atom is -0.446 e. The monoisotopic (exact) mass is 590 g/mol. The third-order valence-electron chi connectivity index (χ3n) is 7.25. The Bertz CT molecular complexity index is 1090. The highest BCUT2D eigenvalue weighted by atomic mass is 16.6. The highest BCUT2D eigenvalue weighted by Gasteiger charge is 2.30. The molecule has 42 heavy (non-hydrogen) atoms. The van der Waals surface area contributed by atoms with Gasteiger partial charge in [-0.3, -0.25) is 19.5 Å². The minimum absolute atomic E-state index is 0.0327. The van der Waals surface area contributed by atoms with E-state index in [4.69, 9.17) is 18.9 Å². The molecule has 0 spiro atoms. The molecule has 0 aromatic carbocycles. The summed E-state index contributed by atoms with van der Waals surface area (Å²) < 4.78 is 24.0. The van der Waals surface area contributed by atoms with Crippen LogP contribution in [0.5, 0.6) is 0 Å². The highest BCUT2D eigenvalue weighted by Crippen LogP contribution is 2.35. The van der Waals surface area contributed by atoms with Crippen LogP contribution < -0.4 is 16.0 Å². The second-order valence-corrected chi connectivity index (χ2v) is 10.9. The number of nitrogens with one attached hydrogen (secondary N) is 4. The van der Waals surface area contributed by atoms with Crippen LogP contribution >= 0.6 is 0 Å². The summed E-state index contributed by atoms with van der Waals surface area (Å²) in [6.07, 6.45) is 3.44. The maximum absolute atomic E-state index is 12.9. The quantitative estimate of drug-likeness (QED) is 0.200. The number of anilines is 1. The Morgan fingerprint density at radius 2 is 1.74 bits per heavy atom. The molecule has 1 aliphatic carbocycles. The average Bonchev–Trinajstić information content (AvgIpc) is 3.73. The lowest BCUT2D eigenvalue weighted by atomic mass is 10.0. The standard InChI is InChI=1S/C28H46N8O6/c1-21(2)31-28(38)42-23-4-3-22(19-23)24-20-26(34-33-24)32-27(37)25-5-6-30-36(25)12-14-40-16-18-41-17-15-39-13-11-35-9-7-29-8-10-35/h5-6,20-23,29H,3-4,7-19H2,1-2H3,(H,31,38)(H2,32,33,34,37)/t22-,23+/m0/s1. The number of hydrogen-bond acceptors (Lipinski definition) is 10. The number of nitrogens with zero attached hydrogens (tertiary/aromatic N) is 4. The maximum atomic E-state index is 12.9. The number of H-pyrrole nitrogens is 1. The number of aromatic amines is 1. The number of alkyl carbamates (subject to hydrolysis) is 1. The molecule has 2 fully saturated rings. The molecule has 0 radical (unpaired) electrons. The van der Waals surface area contributed by atoms with Gasteiger partial charge >= 0.3 is 6.09 Å². The van der Waals surface area contributed by atoms with Crippen LogP contribution in [0, 0.1) is 0 Å². The number of piperazine rings is 1. The molecule has 2 aliphatic rings. The molecule has 3 heterocycles. The van der Waals surface area contributed by atoms with Gasteiger partial charge in [0.1, 0.15) is 11.8 Å². The summed E-state index contributed by atoms with van der Waals surface area (Å²) in [7, 11) is 0. The number of rotatable bonds is 17. The van der Waals surface area contributed by atoms with Crippen molar-refractivity contribution in [2.75, 3.05) is 77.7 Å². The highest BCUT2D eigenvalue weighted by molar-refractivity contribution is 6.02. The van der Waals surface area contributed by atoms with Gasteiger partial charge < -0.3 is 34.9 Å². The number of hydrogen-bond donors (Lipinski definition) is 4. The van der Waals surface area contributed by atoms with Crippen molar-refractivity contribution in [1.29, 1.82) is 0 Å². The number of ether oxygens (including phenoxy) is 4. The third-order valence-corrected chi connectivity index (χ3v) is 7.25. The average molecular weight is 591 g/mol. The van der Waals surface area contributed by atoms with E-state index in [1.807, 2.05) is 19.9 Å². The molecule has 2 amide bonds. The van der Waals surface area contributed by atoms with Crippen LogP contribution in [0.1, 0.15) is 55.2 Å². The largest absolute Gasteiger partial charge is 0.446 e. The predicted octanol–water partition coefficient (Wildman–Crippen LogP) is 1.58. The number of amides is 2. The fraction of sp³-hybridized carbons (Fsp3) is 0.714. The van der Waals surface area contributed by atoms with Gasteiger partial charge in [-0.2, -0.15) is 10.2 Å². The molecule has 2 aromatic heterocycles. The Kier molecular flexibility index (Phi) is 13.0. The van der Waals surface area contributed by atoms with Gasteiger partial charge in [0.25, 0.3) is 5.91 Å². The summed E-state index contributed by atoms with van der Waals surface area (Å²) in [6, 6.07) is 3.53. The first kappa shape index (κ1) is 31.9. The van der Waals surface area contributed by atoms with Gasteiger partial charge in [0.2, 0.25) is 0 Å². The van der Waals surface area contributed by atoms with Crippen LogP contribution in [0.15, 0.2) is 18.3 Å². The number of aromatic nitrogens is 4. The van der Waals surface area contributed by atoms with Crippen LogP contribution in [-0.2, 0) is 25.5 Å². The van der Waals surface area contributed by atoms with E-state index in [1.165, 1.54) is 0 Å². The first-order valence-corrected chi connectivity index (χ1v) is 15.0. The topological polar surface area (TPSA) is 157 Å². The zero-order chi connectivity index (χ0) is 29.6. The Balaban J connectivity index is 1.07. The van der Waals surface area contributed by atoms with Crippen molar-refractivity contribution in [1.82, 2.24) is 35.5 Å². The summed E-state index contributed by atoms with van der Waals surface area (Å²) in [4.78, 5) is 27.2. The Labute approximate surface area is 247 Å². The van der Waals surface area contributed by atoms with Gasteiger partial charge in [0, 0.05) is 62.6 Å². The SMILES string of the molecule is CC(C)NC(=O)O[C@@H]1CC[C@H](c2cc(NC(=O)c3ccnn3CCOCCOCCOCCN3CCNCC3)n[nH]2)C1. The molecule has 1 saturated carbocycles. The molecule has 1 saturated heterocycles. The second kappa shape index (κ2) is 17.2. The van der Waals surface area contributed by atoms with E-state index in [-0.39, 0.29) is 30.1 Å². The van der Waals surface area contributed by atoms with E-state index in [9.17, 15) is 9.59 Å². The van der Waals surface area contributed by atoms with Crippen molar-refractivity contribution in [3.8, 4) is 0 Å². The summed E-state index contributed by atoms with van der Waals surface area (Å²) in [5.74, 6) is 0.316. The molecule has 234 valence electrons. The fourth-order valence-corrected chi connectivity index (χ4v) is 5.07. The van der Waals surface area contributed by atoms with Gasteiger partial charge in [0.05, 0.1) is 46.2 Å². The molecule has 2 atom stereocenters. The third kappa shape index (κ3) is 10.7. The van der Waals surface area contributed by atoms with Gasteiger partial charge in [-0.05, 0) is 39.2 Å². The van der Waals surface area contributed by atoms with E-state index in [0.29, 0.717) is 57.5 Å². The maximum Gasteiger partial charge on any atom is 0.407 e. The van der Waals surface area contributed by atoms with Crippen LogP contribution in [0.4, 0.5) is 10.6 Å². The molecule has 1 aliphatic heterocycles. The Hall–Kier alpha value is -3.04. The summed E-state index contributed by atoms with van der Waals surface area (Å²) in [5.41, 5.74) is 1.33. The molecule has 2 aromatic rings. The fourth-order valence-electron chi connectivity index (χ4n) is 5.07. The molecule has 14 nitrogen and oxygen atoms in total. The van der Waals surface area contributed by atoms with E-state index >= 15 is 0 Å². The summed E-state index contributed by atoms with van der Waals surface area (Å²) >= 11 is 0. The lowest BCUT2D eigenvalue weighted by molar-refractivity contribution is 0.00853. The van der Waals surface area contributed by atoms with Crippen LogP contribution in [0.25, 0.3) is 0 Å². The van der Waals surface area contributed by atoms with Crippen molar-refractivity contribution in [2.45, 2.75) is 57.7 Å². The van der Waals surface area contributed by atoms with Gasteiger partial charge in [-0.15, -0.1) is 0 Å². The first-order valence-electron chi connectivity index (χ1n) is 15.0. The summed E-state index contributed by atoms with van der Waals surface area (Å²) in [6.45, 7) is 12.6. The molecule has 14 heteroatoms. The van der Waals surface area contributed by atoms with Crippen molar-refractivity contribution in [3.05, 3.63) is 29.7 Å². The van der Waals surface area contributed by atoms with Gasteiger partial charge in [-0.1, -0.05) is 0 Å². The van der Waals surface area contributed by atoms with E-state index < -0.39 is 0 Å². The van der Waals surface area contributed by atoms with Crippen LogP contribution in [0.2, 0.25) is 0 Å². The molecule has 4 rings (SSSR count). The van der Waals surface area contributed by atoms with Crippen molar-refractivity contribution < 1.29 is 28.5 Å². The normalized spacial score (nSPS) is 19.3. The van der Waals surface area contributed by atoms with Crippen molar-refractivity contribution in [2.24, 2.45) is 0 Å². The minimum atomic E-state index is -0.388. The van der Waals surface area contributed by atoms with Crippen molar-refractivity contribution >= 4 is 17.8 Å². The summed E-state index contributed by atoms with van der Waals surface area (Å²) in [5, 5.41) is 20.5. The van der Waals surface area contributed by atoms with Crippen LogP contribution in [0.3, 0.4) is 0 Å². The zero-order valence-corrected chi connectivity index (χ0v) is 24.8. The molecule has 0 bridgehead atoms. The lowest BCUT2D eigenvalue weighted by Crippen LogP contribution is -2.44. The van der Waals surface area contributed by atoms with E-state index in [0.717, 1.165) is 57.9 Å². The number of carbonyl (C=O) groups excluding carboxylic acids is 2. The van der Waals surface area contributed by atoms with E-state index in [2.05, 4.69) is 36.1 Å². The first-order chi connectivity index (χ1) is 20.5.